The normalized spacial score (nSPS) is 21.7. The molecule has 1 saturated heterocycles. The van der Waals surface area contributed by atoms with Crippen LogP contribution in [0.3, 0.4) is 0 Å². The molecule has 1 aromatic rings. The zero-order chi connectivity index (χ0) is 12.3. The fourth-order valence-corrected chi connectivity index (χ4v) is 2.66. The van der Waals surface area contributed by atoms with E-state index in [1.807, 2.05) is 18.2 Å². The number of aliphatic hydroxyl groups is 1. The molecule has 1 aliphatic heterocycles. The maximum Gasteiger partial charge on any atom is 0.0595 e. The predicted octanol–water partition coefficient (Wildman–Crippen LogP) is 3.20. The fourth-order valence-electron chi connectivity index (χ4n) is 2.34. The van der Waals surface area contributed by atoms with Gasteiger partial charge in [0.05, 0.1) is 10.0 Å². The molecule has 0 aromatic heterocycles. The number of halogens is 2. The van der Waals surface area contributed by atoms with Crippen LogP contribution in [0.5, 0.6) is 0 Å². The minimum atomic E-state index is 0.290. The van der Waals surface area contributed by atoms with Crippen LogP contribution < -0.4 is 0 Å². The molecule has 1 aliphatic rings. The summed E-state index contributed by atoms with van der Waals surface area (Å²) < 4.78 is 0. The predicted molar refractivity (Wildman–Crippen MR) is 71.5 cm³/mol. The SMILES string of the molecule is OC[C@@H]1CCCN(Cc2ccc(Cl)c(Cl)c2)C1. The van der Waals surface area contributed by atoms with Crippen LogP contribution in [-0.4, -0.2) is 29.7 Å². The van der Waals surface area contributed by atoms with Crippen molar-refractivity contribution in [2.75, 3.05) is 19.7 Å². The van der Waals surface area contributed by atoms with E-state index in [1.54, 1.807) is 0 Å². The second-order valence-corrected chi connectivity index (χ2v) is 5.49. The number of piperidine rings is 1. The summed E-state index contributed by atoms with van der Waals surface area (Å²) in [6.07, 6.45) is 2.29. The summed E-state index contributed by atoms with van der Waals surface area (Å²) in [5, 5.41) is 10.4. The lowest BCUT2D eigenvalue weighted by Crippen LogP contribution is -2.36. The van der Waals surface area contributed by atoms with Gasteiger partial charge in [0.25, 0.3) is 0 Å². The monoisotopic (exact) mass is 273 g/mol. The van der Waals surface area contributed by atoms with Crippen molar-refractivity contribution >= 4 is 23.2 Å². The van der Waals surface area contributed by atoms with E-state index in [0.29, 0.717) is 16.0 Å². The molecule has 17 heavy (non-hydrogen) atoms. The molecular formula is C13H17Cl2NO. The molecule has 2 rings (SSSR count). The Bertz CT molecular complexity index is 384. The van der Waals surface area contributed by atoms with Gasteiger partial charge in [-0.05, 0) is 43.0 Å². The van der Waals surface area contributed by atoms with E-state index < -0.39 is 0 Å². The first-order valence-electron chi connectivity index (χ1n) is 5.96. The van der Waals surface area contributed by atoms with Gasteiger partial charge in [-0.3, -0.25) is 4.90 Å². The number of aliphatic hydroxyl groups excluding tert-OH is 1. The molecule has 1 N–H and O–H groups in total. The molecule has 4 heteroatoms. The van der Waals surface area contributed by atoms with Crippen molar-refractivity contribution in [1.82, 2.24) is 4.90 Å². The molecule has 1 heterocycles. The summed E-state index contributed by atoms with van der Waals surface area (Å²) in [7, 11) is 0. The number of hydrogen-bond donors (Lipinski definition) is 1. The van der Waals surface area contributed by atoms with E-state index in [9.17, 15) is 5.11 Å². The number of hydrogen-bond acceptors (Lipinski definition) is 2. The zero-order valence-electron chi connectivity index (χ0n) is 9.70. The molecule has 1 atom stereocenters. The third kappa shape index (κ3) is 3.59. The average molecular weight is 274 g/mol. The van der Waals surface area contributed by atoms with Gasteiger partial charge in [-0.15, -0.1) is 0 Å². The molecular weight excluding hydrogens is 257 g/mol. The summed E-state index contributed by atoms with van der Waals surface area (Å²) in [5.74, 6) is 0.423. The summed E-state index contributed by atoms with van der Waals surface area (Å²) in [6.45, 7) is 3.23. The van der Waals surface area contributed by atoms with Gasteiger partial charge in [0.1, 0.15) is 0 Å². The zero-order valence-corrected chi connectivity index (χ0v) is 11.2. The summed E-state index contributed by atoms with van der Waals surface area (Å²) in [6, 6.07) is 5.77. The Labute approximate surface area is 112 Å². The topological polar surface area (TPSA) is 23.5 Å². The Morgan fingerprint density at radius 1 is 1.29 bits per heavy atom. The largest absolute Gasteiger partial charge is 0.396 e. The molecule has 1 fully saturated rings. The van der Waals surface area contributed by atoms with Crippen molar-refractivity contribution in [2.24, 2.45) is 5.92 Å². The van der Waals surface area contributed by atoms with E-state index in [-0.39, 0.29) is 6.61 Å². The van der Waals surface area contributed by atoms with E-state index in [4.69, 9.17) is 23.2 Å². The first-order chi connectivity index (χ1) is 8.19. The highest BCUT2D eigenvalue weighted by Gasteiger charge is 2.19. The van der Waals surface area contributed by atoms with Crippen molar-refractivity contribution in [3.63, 3.8) is 0 Å². The summed E-state index contributed by atoms with van der Waals surface area (Å²) in [4.78, 5) is 2.37. The molecule has 0 radical (unpaired) electrons. The van der Waals surface area contributed by atoms with Crippen molar-refractivity contribution in [3.8, 4) is 0 Å². The quantitative estimate of drug-likeness (QED) is 0.915. The van der Waals surface area contributed by atoms with Crippen molar-refractivity contribution in [3.05, 3.63) is 33.8 Å². The fraction of sp³-hybridized carbons (Fsp3) is 0.538. The molecule has 0 saturated carbocycles. The van der Waals surface area contributed by atoms with E-state index in [1.165, 1.54) is 5.56 Å². The van der Waals surface area contributed by atoms with Gasteiger partial charge >= 0.3 is 0 Å². The van der Waals surface area contributed by atoms with Gasteiger partial charge in [0, 0.05) is 19.7 Å². The Morgan fingerprint density at radius 2 is 2.12 bits per heavy atom. The summed E-state index contributed by atoms with van der Waals surface area (Å²) in [5.41, 5.74) is 1.18. The standard InChI is InChI=1S/C13H17Cl2NO/c14-12-4-3-10(6-13(12)15)7-16-5-1-2-11(8-16)9-17/h3-4,6,11,17H,1-2,5,7-9H2/t11-/m1/s1. The first-order valence-corrected chi connectivity index (χ1v) is 6.72. The van der Waals surface area contributed by atoms with Crippen LogP contribution in [0.15, 0.2) is 18.2 Å². The second-order valence-electron chi connectivity index (χ2n) is 4.67. The highest BCUT2D eigenvalue weighted by molar-refractivity contribution is 6.42. The van der Waals surface area contributed by atoms with Crippen LogP contribution in [0, 0.1) is 5.92 Å². The lowest BCUT2D eigenvalue weighted by atomic mass is 9.98. The third-order valence-electron chi connectivity index (χ3n) is 3.25. The third-order valence-corrected chi connectivity index (χ3v) is 3.99. The molecule has 2 nitrogen and oxygen atoms in total. The first kappa shape index (κ1) is 13.2. The van der Waals surface area contributed by atoms with Crippen molar-refractivity contribution in [2.45, 2.75) is 19.4 Å². The van der Waals surface area contributed by atoms with Crippen LogP contribution in [0.4, 0.5) is 0 Å². The van der Waals surface area contributed by atoms with Gasteiger partial charge in [-0.1, -0.05) is 29.3 Å². The number of likely N-dealkylation sites (tertiary alicyclic amines) is 1. The second kappa shape index (κ2) is 6.05. The van der Waals surface area contributed by atoms with E-state index in [0.717, 1.165) is 32.5 Å². The van der Waals surface area contributed by atoms with Crippen molar-refractivity contribution in [1.29, 1.82) is 0 Å². The van der Waals surface area contributed by atoms with Gasteiger partial charge in [0.2, 0.25) is 0 Å². The van der Waals surface area contributed by atoms with E-state index in [2.05, 4.69) is 4.90 Å². The Balaban J connectivity index is 1.97. The lowest BCUT2D eigenvalue weighted by molar-refractivity contribution is 0.116. The van der Waals surface area contributed by atoms with Crippen LogP contribution >= 0.6 is 23.2 Å². The van der Waals surface area contributed by atoms with Gasteiger partial charge < -0.3 is 5.11 Å². The Kier molecular flexibility index (Phi) is 4.69. The molecule has 0 aliphatic carbocycles. The molecule has 0 amide bonds. The summed E-state index contributed by atoms with van der Waals surface area (Å²) >= 11 is 11.9. The molecule has 1 aromatic carbocycles. The van der Waals surface area contributed by atoms with Gasteiger partial charge in [-0.25, -0.2) is 0 Å². The van der Waals surface area contributed by atoms with Crippen LogP contribution in [0.1, 0.15) is 18.4 Å². The van der Waals surface area contributed by atoms with Crippen molar-refractivity contribution < 1.29 is 5.11 Å². The van der Waals surface area contributed by atoms with Crippen LogP contribution in [0.2, 0.25) is 10.0 Å². The minimum absolute atomic E-state index is 0.290. The molecule has 94 valence electrons. The lowest BCUT2D eigenvalue weighted by Gasteiger charge is -2.31. The van der Waals surface area contributed by atoms with Gasteiger partial charge in [0.15, 0.2) is 0 Å². The molecule has 0 unspecified atom stereocenters. The number of rotatable bonds is 3. The Morgan fingerprint density at radius 3 is 2.82 bits per heavy atom. The van der Waals surface area contributed by atoms with Crippen LogP contribution in [0.25, 0.3) is 0 Å². The van der Waals surface area contributed by atoms with E-state index >= 15 is 0 Å². The smallest absolute Gasteiger partial charge is 0.0595 e. The minimum Gasteiger partial charge on any atom is -0.396 e. The number of benzene rings is 1. The molecule has 0 spiro atoms. The highest BCUT2D eigenvalue weighted by Crippen LogP contribution is 2.24. The highest BCUT2D eigenvalue weighted by atomic mass is 35.5. The van der Waals surface area contributed by atoms with Gasteiger partial charge in [-0.2, -0.15) is 0 Å². The maximum atomic E-state index is 9.19. The number of nitrogens with zero attached hydrogens (tertiary/aromatic N) is 1. The Hall–Kier alpha value is -0.280. The van der Waals surface area contributed by atoms with Crippen LogP contribution in [-0.2, 0) is 6.54 Å². The average Bonchev–Trinajstić information content (AvgIpc) is 2.34. The maximum absolute atomic E-state index is 9.19. The molecule has 0 bridgehead atoms.